The normalized spacial score (nSPS) is 17.4. The summed E-state index contributed by atoms with van der Waals surface area (Å²) < 4.78 is 1.68. The molecule has 0 spiro atoms. The Balaban J connectivity index is 1.79. The number of piperidine rings is 1. The first kappa shape index (κ1) is 16.8. The van der Waals surface area contributed by atoms with Crippen molar-refractivity contribution in [3.8, 4) is 5.69 Å². The SMILES string of the molecule is O=c1nc(N2CCCCC2)c2ccc(C3CC3)cc2n1-c1ccccc1Cl. The van der Waals surface area contributed by atoms with E-state index < -0.39 is 0 Å². The van der Waals surface area contributed by atoms with Crippen LogP contribution >= 0.6 is 11.6 Å². The van der Waals surface area contributed by atoms with E-state index in [2.05, 4.69) is 28.1 Å². The lowest BCUT2D eigenvalue weighted by Gasteiger charge is -2.29. The fraction of sp³-hybridized carbons (Fsp3) is 0.364. The predicted octanol–water partition coefficient (Wildman–Crippen LogP) is 4.91. The van der Waals surface area contributed by atoms with Gasteiger partial charge >= 0.3 is 5.69 Å². The molecule has 2 heterocycles. The number of anilines is 1. The van der Waals surface area contributed by atoms with Crippen LogP contribution < -0.4 is 10.6 Å². The first-order chi connectivity index (χ1) is 13.2. The van der Waals surface area contributed by atoms with Crippen molar-refractivity contribution >= 4 is 28.3 Å². The standard InChI is InChI=1S/C22H22ClN3O/c23-18-6-2-3-7-19(18)26-20-14-16(15-8-9-15)10-11-17(20)21(24-22(26)27)25-12-4-1-5-13-25/h2-3,6-7,10-11,14-15H,1,4-5,8-9,12-13H2. The molecular formula is C22H22ClN3O. The minimum absolute atomic E-state index is 0.260. The van der Waals surface area contributed by atoms with Crippen molar-refractivity contribution in [3.05, 3.63) is 63.5 Å². The summed E-state index contributed by atoms with van der Waals surface area (Å²) in [5, 5.41) is 1.59. The van der Waals surface area contributed by atoms with Gasteiger partial charge in [0.05, 0.1) is 16.2 Å². The van der Waals surface area contributed by atoms with Gasteiger partial charge in [-0.2, -0.15) is 4.98 Å². The van der Waals surface area contributed by atoms with Gasteiger partial charge in [-0.15, -0.1) is 0 Å². The average Bonchev–Trinajstić information content (AvgIpc) is 3.54. The first-order valence-electron chi connectivity index (χ1n) is 9.79. The molecule has 1 aromatic heterocycles. The maximum Gasteiger partial charge on any atom is 0.354 e. The third kappa shape index (κ3) is 3.02. The summed E-state index contributed by atoms with van der Waals surface area (Å²) in [5.74, 6) is 1.44. The molecule has 5 rings (SSSR count). The molecule has 0 N–H and O–H groups in total. The average molecular weight is 380 g/mol. The highest BCUT2D eigenvalue weighted by atomic mass is 35.5. The molecule has 0 radical (unpaired) electrons. The maximum atomic E-state index is 13.1. The minimum Gasteiger partial charge on any atom is -0.356 e. The van der Waals surface area contributed by atoms with Crippen molar-refractivity contribution in [1.29, 1.82) is 0 Å². The molecule has 0 atom stereocenters. The monoisotopic (exact) mass is 379 g/mol. The van der Waals surface area contributed by atoms with Crippen molar-refractivity contribution in [3.63, 3.8) is 0 Å². The van der Waals surface area contributed by atoms with E-state index in [1.54, 1.807) is 4.57 Å². The Kier molecular flexibility index (Phi) is 4.16. The van der Waals surface area contributed by atoms with Crippen LogP contribution in [0.4, 0.5) is 5.82 Å². The van der Waals surface area contributed by atoms with Gasteiger partial charge in [0, 0.05) is 18.5 Å². The summed E-state index contributed by atoms with van der Waals surface area (Å²) in [6.07, 6.45) is 6.00. The Bertz CT molecular complexity index is 1060. The molecule has 3 aromatic rings. The molecule has 1 saturated heterocycles. The fourth-order valence-corrected chi connectivity index (χ4v) is 4.33. The van der Waals surface area contributed by atoms with Gasteiger partial charge in [0.1, 0.15) is 5.82 Å². The number of fused-ring (bicyclic) bond motifs is 1. The van der Waals surface area contributed by atoms with Crippen LogP contribution in [0.3, 0.4) is 0 Å². The summed E-state index contributed by atoms with van der Waals surface area (Å²) in [5.41, 5.74) is 2.65. The molecule has 0 bridgehead atoms. The van der Waals surface area contributed by atoms with E-state index in [4.69, 9.17) is 11.6 Å². The van der Waals surface area contributed by atoms with E-state index in [9.17, 15) is 4.79 Å². The Morgan fingerprint density at radius 1 is 1.00 bits per heavy atom. The molecule has 4 nitrogen and oxygen atoms in total. The summed E-state index contributed by atoms with van der Waals surface area (Å²) in [6.45, 7) is 1.92. The summed E-state index contributed by atoms with van der Waals surface area (Å²) >= 11 is 6.44. The lowest BCUT2D eigenvalue weighted by molar-refractivity contribution is 0.573. The second-order valence-corrected chi connectivity index (χ2v) is 8.01. The lowest BCUT2D eigenvalue weighted by atomic mass is 10.1. The molecule has 1 saturated carbocycles. The molecule has 2 aromatic carbocycles. The van der Waals surface area contributed by atoms with E-state index in [0.29, 0.717) is 16.6 Å². The number of halogens is 1. The second kappa shape index (κ2) is 6.68. The van der Waals surface area contributed by atoms with Crippen LogP contribution in [0.15, 0.2) is 47.3 Å². The predicted molar refractivity (Wildman–Crippen MR) is 110 cm³/mol. The highest BCUT2D eigenvalue weighted by Crippen LogP contribution is 2.41. The van der Waals surface area contributed by atoms with Gasteiger partial charge < -0.3 is 4.90 Å². The van der Waals surface area contributed by atoms with Gasteiger partial charge in [-0.25, -0.2) is 4.79 Å². The number of rotatable bonds is 3. The van der Waals surface area contributed by atoms with Gasteiger partial charge in [-0.3, -0.25) is 4.57 Å². The van der Waals surface area contributed by atoms with Gasteiger partial charge in [-0.1, -0.05) is 29.8 Å². The third-order valence-electron chi connectivity index (χ3n) is 5.69. The largest absolute Gasteiger partial charge is 0.356 e. The Morgan fingerprint density at radius 2 is 1.78 bits per heavy atom. The quantitative estimate of drug-likeness (QED) is 0.649. The molecule has 2 fully saturated rings. The minimum atomic E-state index is -0.260. The number of hydrogen-bond acceptors (Lipinski definition) is 3. The van der Waals surface area contributed by atoms with Gasteiger partial charge in [-0.05, 0) is 67.9 Å². The smallest absolute Gasteiger partial charge is 0.354 e. The van der Waals surface area contributed by atoms with Crippen LogP contribution in [0.25, 0.3) is 16.6 Å². The summed E-state index contributed by atoms with van der Waals surface area (Å²) in [4.78, 5) is 19.9. The zero-order valence-electron chi connectivity index (χ0n) is 15.2. The van der Waals surface area contributed by atoms with Crippen LogP contribution in [-0.4, -0.2) is 22.6 Å². The van der Waals surface area contributed by atoms with Crippen molar-refractivity contribution < 1.29 is 0 Å². The van der Waals surface area contributed by atoms with Crippen molar-refractivity contribution in [2.45, 2.75) is 38.0 Å². The molecule has 138 valence electrons. The van der Waals surface area contributed by atoms with E-state index >= 15 is 0 Å². The molecule has 0 unspecified atom stereocenters. The van der Waals surface area contributed by atoms with Crippen LogP contribution in [0.2, 0.25) is 5.02 Å². The Hall–Kier alpha value is -2.33. The van der Waals surface area contributed by atoms with Crippen LogP contribution in [0.5, 0.6) is 0 Å². The van der Waals surface area contributed by atoms with Gasteiger partial charge in [0.25, 0.3) is 0 Å². The van der Waals surface area contributed by atoms with Gasteiger partial charge in [0.15, 0.2) is 0 Å². The fourth-order valence-electron chi connectivity index (χ4n) is 4.11. The number of aromatic nitrogens is 2. The maximum absolute atomic E-state index is 13.1. The van der Waals surface area contributed by atoms with E-state index in [0.717, 1.165) is 42.7 Å². The highest BCUT2D eigenvalue weighted by Gasteiger charge is 2.25. The molecule has 2 aliphatic rings. The van der Waals surface area contributed by atoms with E-state index in [1.807, 2.05) is 24.3 Å². The molecule has 0 amide bonds. The van der Waals surface area contributed by atoms with Crippen LogP contribution in [-0.2, 0) is 0 Å². The van der Waals surface area contributed by atoms with Crippen molar-refractivity contribution in [2.24, 2.45) is 0 Å². The van der Waals surface area contributed by atoms with E-state index in [1.165, 1.54) is 24.8 Å². The molecule has 1 aliphatic carbocycles. The van der Waals surface area contributed by atoms with Crippen LogP contribution in [0.1, 0.15) is 43.6 Å². The Labute approximate surface area is 163 Å². The molecule has 1 aliphatic heterocycles. The summed E-state index contributed by atoms with van der Waals surface area (Å²) in [7, 11) is 0. The second-order valence-electron chi connectivity index (χ2n) is 7.60. The Morgan fingerprint density at radius 3 is 2.52 bits per heavy atom. The number of benzene rings is 2. The van der Waals surface area contributed by atoms with E-state index in [-0.39, 0.29) is 5.69 Å². The van der Waals surface area contributed by atoms with Crippen molar-refractivity contribution in [2.75, 3.05) is 18.0 Å². The van der Waals surface area contributed by atoms with Crippen LogP contribution in [0, 0.1) is 0 Å². The lowest BCUT2D eigenvalue weighted by Crippen LogP contribution is -2.33. The molecule has 27 heavy (non-hydrogen) atoms. The van der Waals surface area contributed by atoms with Gasteiger partial charge in [0.2, 0.25) is 0 Å². The topological polar surface area (TPSA) is 38.1 Å². The molecule has 5 heteroatoms. The number of hydrogen-bond donors (Lipinski definition) is 0. The first-order valence-corrected chi connectivity index (χ1v) is 10.2. The highest BCUT2D eigenvalue weighted by molar-refractivity contribution is 6.32. The third-order valence-corrected chi connectivity index (χ3v) is 6.01. The zero-order chi connectivity index (χ0) is 18.4. The molecular weight excluding hydrogens is 358 g/mol. The zero-order valence-corrected chi connectivity index (χ0v) is 16.0. The number of para-hydroxylation sites is 1. The van der Waals surface area contributed by atoms with Crippen molar-refractivity contribution in [1.82, 2.24) is 9.55 Å². The number of nitrogens with zero attached hydrogens (tertiary/aromatic N) is 3. The summed E-state index contributed by atoms with van der Waals surface area (Å²) in [6, 6.07) is 14.0.